The highest BCUT2D eigenvalue weighted by molar-refractivity contribution is 5.85. The van der Waals surface area contributed by atoms with Crippen molar-refractivity contribution in [2.75, 3.05) is 16.9 Å². The molecule has 0 radical (unpaired) electrons. The van der Waals surface area contributed by atoms with Crippen molar-refractivity contribution in [2.45, 2.75) is 45.9 Å². The lowest BCUT2D eigenvalue weighted by atomic mass is 10.1. The number of anilines is 2. The largest absolute Gasteiger partial charge is 0.444 e. The molecule has 1 heterocycles. The first-order valence-electron chi connectivity index (χ1n) is 8.86. The molecule has 5 heteroatoms. The fourth-order valence-corrected chi connectivity index (χ4v) is 3.06. The minimum absolute atomic E-state index is 0.331. The van der Waals surface area contributed by atoms with Gasteiger partial charge in [0.25, 0.3) is 0 Å². The zero-order chi connectivity index (χ0) is 18.7. The quantitative estimate of drug-likeness (QED) is 0.832. The third kappa shape index (κ3) is 4.54. The molecular weight excluding hydrogens is 331 g/mol. The number of hydrogen-bond donors (Lipinski definition) is 1. The lowest BCUT2D eigenvalue weighted by molar-refractivity contribution is 0.0636. The zero-order valence-electron chi connectivity index (χ0n) is 15.5. The second-order valence-corrected chi connectivity index (χ2v) is 7.57. The number of nitrogens with zero attached hydrogens (tertiary/aromatic N) is 1. The van der Waals surface area contributed by atoms with Gasteiger partial charge in [0.15, 0.2) is 0 Å². The SMILES string of the molecule is CC(C)(C)OC(=O)Nc1ccc2c(c1)CN(c1ccc(CCF)cc1)C2. The van der Waals surface area contributed by atoms with Crippen LogP contribution in [0.4, 0.5) is 20.6 Å². The summed E-state index contributed by atoms with van der Waals surface area (Å²) in [6.07, 6.45) is 0.0102. The third-order valence-corrected chi connectivity index (χ3v) is 4.26. The van der Waals surface area contributed by atoms with E-state index in [0.29, 0.717) is 6.42 Å². The van der Waals surface area contributed by atoms with E-state index in [0.717, 1.165) is 30.0 Å². The summed E-state index contributed by atoms with van der Waals surface area (Å²) in [4.78, 5) is 14.2. The van der Waals surface area contributed by atoms with Gasteiger partial charge in [-0.1, -0.05) is 18.2 Å². The molecule has 1 aliphatic heterocycles. The normalized spacial score (nSPS) is 13.5. The number of carbonyl (C=O) groups excluding carboxylic acids is 1. The molecule has 0 spiro atoms. The molecule has 1 aliphatic rings. The molecule has 3 rings (SSSR count). The van der Waals surface area contributed by atoms with Gasteiger partial charge in [0, 0.05) is 30.9 Å². The number of carbonyl (C=O) groups is 1. The highest BCUT2D eigenvalue weighted by Crippen LogP contribution is 2.30. The number of halogens is 1. The topological polar surface area (TPSA) is 41.6 Å². The van der Waals surface area contributed by atoms with Crippen LogP contribution in [-0.4, -0.2) is 18.4 Å². The van der Waals surface area contributed by atoms with E-state index in [2.05, 4.69) is 10.2 Å². The number of ether oxygens (including phenoxy) is 1. The summed E-state index contributed by atoms with van der Waals surface area (Å²) >= 11 is 0. The number of alkyl halides is 1. The van der Waals surface area contributed by atoms with Crippen molar-refractivity contribution >= 4 is 17.5 Å². The van der Waals surface area contributed by atoms with E-state index >= 15 is 0 Å². The predicted octanol–water partition coefficient (Wildman–Crippen LogP) is 5.07. The lowest BCUT2D eigenvalue weighted by Gasteiger charge is -2.19. The van der Waals surface area contributed by atoms with E-state index in [1.54, 1.807) is 0 Å². The van der Waals surface area contributed by atoms with Crippen LogP contribution in [0.25, 0.3) is 0 Å². The first-order valence-corrected chi connectivity index (χ1v) is 8.86. The summed E-state index contributed by atoms with van der Waals surface area (Å²) in [7, 11) is 0. The van der Waals surface area contributed by atoms with Crippen LogP contribution in [0.3, 0.4) is 0 Å². The van der Waals surface area contributed by atoms with Crippen LogP contribution in [0.1, 0.15) is 37.5 Å². The highest BCUT2D eigenvalue weighted by atomic mass is 19.1. The number of aryl methyl sites for hydroxylation is 1. The number of amides is 1. The van der Waals surface area contributed by atoms with E-state index in [-0.39, 0.29) is 6.67 Å². The van der Waals surface area contributed by atoms with Crippen LogP contribution < -0.4 is 10.2 Å². The molecule has 0 aliphatic carbocycles. The van der Waals surface area contributed by atoms with Gasteiger partial charge < -0.3 is 9.64 Å². The summed E-state index contributed by atoms with van der Waals surface area (Å²) < 4.78 is 17.7. The Hall–Kier alpha value is -2.56. The smallest absolute Gasteiger partial charge is 0.412 e. The van der Waals surface area contributed by atoms with Crippen LogP contribution in [0.2, 0.25) is 0 Å². The van der Waals surface area contributed by atoms with Gasteiger partial charge in [0.1, 0.15) is 5.60 Å². The number of fused-ring (bicyclic) bond motifs is 1. The fraction of sp³-hybridized carbons (Fsp3) is 0.381. The summed E-state index contributed by atoms with van der Waals surface area (Å²) in [5.74, 6) is 0. The molecular formula is C21H25FN2O2. The van der Waals surface area contributed by atoms with Crippen molar-refractivity contribution in [3.05, 3.63) is 59.2 Å². The monoisotopic (exact) mass is 356 g/mol. The summed E-state index contributed by atoms with van der Waals surface area (Å²) in [6.45, 7) is 6.79. The fourth-order valence-electron chi connectivity index (χ4n) is 3.06. The molecule has 0 saturated heterocycles. The Labute approximate surface area is 154 Å². The molecule has 26 heavy (non-hydrogen) atoms. The molecule has 0 aromatic heterocycles. The average molecular weight is 356 g/mol. The van der Waals surface area contributed by atoms with Gasteiger partial charge in [-0.25, -0.2) is 4.79 Å². The van der Waals surface area contributed by atoms with Crippen LogP contribution in [0.15, 0.2) is 42.5 Å². The number of rotatable bonds is 4. The van der Waals surface area contributed by atoms with Gasteiger partial charge in [-0.05, 0) is 61.7 Å². The van der Waals surface area contributed by atoms with Crippen molar-refractivity contribution in [1.82, 2.24) is 0 Å². The van der Waals surface area contributed by atoms with Crippen molar-refractivity contribution in [3.8, 4) is 0 Å². The van der Waals surface area contributed by atoms with E-state index in [1.807, 2.05) is 63.2 Å². The van der Waals surface area contributed by atoms with E-state index < -0.39 is 11.7 Å². The number of hydrogen-bond acceptors (Lipinski definition) is 3. The standard InChI is InChI=1S/C21H25FN2O2/c1-21(2,3)26-20(25)23-18-7-6-16-13-24(14-17(16)12-18)19-8-4-15(5-9-19)10-11-22/h4-9,12H,10-11,13-14H2,1-3H3,(H,23,25). The predicted molar refractivity (Wildman–Crippen MR) is 102 cm³/mol. The minimum Gasteiger partial charge on any atom is -0.444 e. The Kier molecular flexibility index (Phi) is 5.16. The van der Waals surface area contributed by atoms with Gasteiger partial charge in [0.2, 0.25) is 0 Å². The Morgan fingerprint density at radius 2 is 1.81 bits per heavy atom. The molecule has 0 unspecified atom stereocenters. The summed E-state index contributed by atoms with van der Waals surface area (Å²) in [5.41, 5.74) is 4.77. The van der Waals surface area contributed by atoms with Crippen molar-refractivity contribution in [2.24, 2.45) is 0 Å². The molecule has 0 saturated carbocycles. The molecule has 0 atom stereocenters. The van der Waals surface area contributed by atoms with E-state index in [4.69, 9.17) is 4.74 Å². The second kappa shape index (κ2) is 7.36. The van der Waals surface area contributed by atoms with Crippen LogP contribution >= 0.6 is 0 Å². The maximum Gasteiger partial charge on any atom is 0.412 e. The molecule has 2 aromatic carbocycles. The molecule has 4 nitrogen and oxygen atoms in total. The first kappa shape index (κ1) is 18.2. The minimum atomic E-state index is -0.522. The van der Waals surface area contributed by atoms with E-state index in [1.165, 1.54) is 11.1 Å². The van der Waals surface area contributed by atoms with Gasteiger partial charge in [-0.15, -0.1) is 0 Å². The van der Waals surface area contributed by atoms with Crippen LogP contribution in [0, 0.1) is 0 Å². The van der Waals surface area contributed by atoms with Gasteiger partial charge in [0.05, 0.1) is 6.67 Å². The molecule has 138 valence electrons. The van der Waals surface area contributed by atoms with Crippen LogP contribution in [-0.2, 0) is 24.2 Å². The van der Waals surface area contributed by atoms with Gasteiger partial charge in [-0.2, -0.15) is 0 Å². The Morgan fingerprint density at radius 3 is 2.46 bits per heavy atom. The summed E-state index contributed by atoms with van der Waals surface area (Å²) in [6, 6.07) is 14.0. The lowest BCUT2D eigenvalue weighted by Crippen LogP contribution is -2.27. The Morgan fingerprint density at radius 1 is 1.12 bits per heavy atom. The molecule has 0 fully saturated rings. The Balaban J connectivity index is 1.66. The van der Waals surface area contributed by atoms with Gasteiger partial charge in [-0.3, -0.25) is 9.71 Å². The zero-order valence-corrected chi connectivity index (χ0v) is 15.5. The van der Waals surface area contributed by atoms with Crippen molar-refractivity contribution in [3.63, 3.8) is 0 Å². The molecule has 2 aromatic rings. The van der Waals surface area contributed by atoms with Crippen LogP contribution in [0.5, 0.6) is 0 Å². The molecule has 0 bridgehead atoms. The first-order chi connectivity index (χ1) is 12.3. The maximum atomic E-state index is 12.4. The molecule has 1 N–H and O–H groups in total. The molecule has 1 amide bonds. The maximum absolute atomic E-state index is 12.4. The van der Waals surface area contributed by atoms with Gasteiger partial charge >= 0.3 is 6.09 Å². The second-order valence-electron chi connectivity index (χ2n) is 7.57. The van der Waals surface area contributed by atoms with Crippen molar-refractivity contribution in [1.29, 1.82) is 0 Å². The number of benzene rings is 2. The number of nitrogens with one attached hydrogen (secondary N) is 1. The van der Waals surface area contributed by atoms with E-state index in [9.17, 15) is 9.18 Å². The average Bonchev–Trinajstić information content (AvgIpc) is 2.97. The third-order valence-electron chi connectivity index (χ3n) is 4.26. The van der Waals surface area contributed by atoms with Crippen molar-refractivity contribution < 1.29 is 13.9 Å². The Bertz CT molecular complexity index is 782. The summed E-state index contributed by atoms with van der Waals surface area (Å²) in [5, 5.41) is 2.79. The highest BCUT2D eigenvalue weighted by Gasteiger charge is 2.21.